The third kappa shape index (κ3) is 4.26. The predicted octanol–water partition coefficient (Wildman–Crippen LogP) is 4.33. The number of methoxy groups -OCH3 is 1. The molecule has 0 spiro atoms. The first-order chi connectivity index (χ1) is 12.9. The molecule has 148 valence electrons. The summed E-state index contributed by atoms with van der Waals surface area (Å²) in [5.41, 5.74) is 0.275. The SMILES string of the molecule is COc1nc(OCC(F)F)c(F)cc1NSc1cnc2n1CCC(C)C2C. The molecule has 3 heterocycles. The molecule has 0 fully saturated rings. The second-order valence-electron chi connectivity index (χ2n) is 6.40. The number of nitrogens with one attached hydrogen (secondary N) is 1. The molecule has 0 saturated carbocycles. The number of anilines is 1. The normalized spacial score (nSPS) is 19.1. The minimum Gasteiger partial charge on any atom is -0.479 e. The minimum absolute atomic E-state index is 0.0496. The first-order valence-corrected chi connectivity index (χ1v) is 9.36. The van der Waals surface area contributed by atoms with Gasteiger partial charge in [0, 0.05) is 30.5 Å². The van der Waals surface area contributed by atoms with Crippen molar-refractivity contribution in [2.75, 3.05) is 18.4 Å². The molecule has 0 amide bonds. The van der Waals surface area contributed by atoms with E-state index in [1.807, 2.05) is 0 Å². The van der Waals surface area contributed by atoms with E-state index >= 15 is 0 Å². The maximum atomic E-state index is 14.1. The molecule has 10 heteroatoms. The van der Waals surface area contributed by atoms with Crippen LogP contribution in [0.2, 0.25) is 0 Å². The van der Waals surface area contributed by atoms with Crippen molar-refractivity contribution in [2.45, 2.75) is 44.2 Å². The monoisotopic (exact) mass is 402 g/mol. The van der Waals surface area contributed by atoms with Gasteiger partial charge in [-0.3, -0.25) is 0 Å². The number of ether oxygens (including phenoxy) is 2. The number of pyridine rings is 1. The van der Waals surface area contributed by atoms with Crippen molar-refractivity contribution in [3.63, 3.8) is 0 Å². The molecule has 2 aromatic heterocycles. The van der Waals surface area contributed by atoms with Gasteiger partial charge < -0.3 is 18.8 Å². The van der Waals surface area contributed by atoms with Gasteiger partial charge in [0.2, 0.25) is 5.88 Å². The van der Waals surface area contributed by atoms with E-state index in [0.29, 0.717) is 11.8 Å². The highest BCUT2D eigenvalue weighted by Crippen LogP contribution is 2.36. The lowest BCUT2D eigenvalue weighted by molar-refractivity contribution is 0.0770. The van der Waals surface area contributed by atoms with E-state index in [1.54, 1.807) is 6.20 Å². The van der Waals surface area contributed by atoms with Crippen molar-refractivity contribution in [1.82, 2.24) is 14.5 Å². The smallest absolute Gasteiger partial charge is 0.272 e. The van der Waals surface area contributed by atoms with Gasteiger partial charge in [-0.05, 0) is 12.3 Å². The van der Waals surface area contributed by atoms with Crippen LogP contribution in [0.3, 0.4) is 0 Å². The number of hydrogen-bond acceptors (Lipinski definition) is 6. The van der Waals surface area contributed by atoms with Crippen LogP contribution in [0.25, 0.3) is 0 Å². The Labute approximate surface area is 159 Å². The van der Waals surface area contributed by atoms with Crippen LogP contribution in [0.1, 0.15) is 32.0 Å². The molecule has 3 rings (SSSR count). The lowest BCUT2D eigenvalue weighted by atomic mass is 9.89. The van der Waals surface area contributed by atoms with Crippen molar-refractivity contribution in [1.29, 1.82) is 0 Å². The molecule has 0 radical (unpaired) electrons. The highest BCUT2D eigenvalue weighted by atomic mass is 32.2. The topological polar surface area (TPSA) is 61.2 Å². The van der Waals surface area contributed by atoms with E-state index in [9.17, 15) is 13.2 Å². The fourth-order valence-electron chi connectivity index (χ4n) is 2.92. The van der Waals surface area contributed by atoms with Crippen LogP contribution in [0.5, 0.6) is 11.8 Å². The van der Waals surface area contributed by atoms with Gasteiger partial charge in [0.1, 0.15) is 16.5 Å². The summed E-state index contributed by atoms with van der Waals surface area (Å²) in [6.07, 6.45) is 0.120. The average molecular weight is 402 g/mol. The first-order valence-electron chi connectivity index (χ1n) is 8.54. The molecule has 0 saturated heterocycles. The fourth-order valence-corrected chi connectivity index (χ4v) is 3.68. The van der Waals surface area contributed by atoms with Crippen LogP contribution in [0.15, 0.2) is 17.3 Å². The lowest BCUT2D eigenvalue weighted by Gasteiger charge is -2.27. The molecule has 1 aliphatic rings. The molecule has 2 atom stereocenters. The summed E-state index contributed by atoms with van der Waals surface area (Å²) in [5, 5.41) is 0.893. The van der Waals surface area contributed by atoms with Gasteiger partial charge >= 0.3 is 0 Å². The van der Waals surface area contributed by atoms with Gasteiger partial charge in [-0.15, -0.1) is 0 Å². The zero-order chi connectivity index (χ0) is 19.6. The molecule has 0 aliphatic carbocycles. The molecule has 0 bridgehead atoms. The molecule has 2 unspecified atom stereocenters. The summed E-state index contributed by atoms with van der Waals surface area (Å²) in [6, 6.07) is 1.11. The minimum atomic E-state index is -2.72. The van der Waals surface area contributed by atoms with Crippen LogP contribution in [0.4, 0.5) is 18.9 Å². The Balaban J connectivity index is 1.75. The molecule has 1 N–H and O–H groups in total. The van der Waals surface area contributed by atoms with Crippen LogP contribution >= 0.6 is 11.9 Å². The molecule has 27 heavy (non-hydrogen) atoms. The lowest BCUT2D eigenvalue weighted by Crippen LogP contribution is -2.21. The maximum Gasteiger partial charge on any atom is 0.272 e. The quantitative estimate of drug-likeness (QED) is 0.696. The van der Waals surface area contributed by atoms with Crippen molar-refractivity contribution in [2.24, 2.45) is 5.92 Å². The third-order valence-corrected chi connectivity index (χ3v) is 5.49. The van der Waals surface area contributed by atoms with E-state index in [2.05, 4.69) is 37.8 Å². The molecule has 1 aliphatic heterocycles. The largest absolute Gasteiger partial charge is 0.479 e. The molecule has 2 aromatic rings. The molecular weight excluding hydrogens is 381 g/mol. The number of imidazole rings is 1. The Morgan fingerprint density at radius 1 is 1.37 bits per heavy atom. The highest BCUT2D eigenvalue weighted by Gasteiger charge is 2.26. The second-order valence-corrected chi connectivity index (χ2v) is 7.23. The highest BCUT2D eigenvalue weighted by molar-refractivity contribution is 8.00. The number of fused-ring (bicyclic) bond motifs is 1. The number of nitrogens with zero attached hydrogens (tertiary/aromatic N) is 3. The summed E-state index contributed by atoms with van der Waals surface area (Å²) < 4.78 is 53.5. The zero-order valence-corrected chi connectivity index (χ0v) is 16.0. The van der Waals surface area contributed by atoms with Crippen LogP contribution in [-0.4, -0.2) is 34.7 Å². The second kappa shape index (κ2) is 8.28. The van der Waals surface area contributed by atoms with E-state index in [4.69, 9.17) is 4.74 Å². The summed E-state index contributed by atoms with van der Waals surface area (Å²) >= 11 is 1.26. The number of aromatic nitrogens is 3. The number of rotatable bonds is 7. The van der Waals surface area contributed by atoms with E-state index in [1.165, 1.54) is 19.1 Å². The summed E-state index contributed by atoms with van der Waals surface area (Å²) in [5.74, 6) is 0.654. The Morgan fingerprint density at radius 3 is 2.85 bits per heavy atom. The van der Waals surface area contributed by atoms with Gasteiger partial charge in [0.05, 0.1) is 13.3 Å². The summed E-state index contributed by atoms with van der Waals surface area (Å²) in [4.78, 5) is 8.33. The third-order valence-electron chi connectivity index (χ3n) is 4.63. The zero-order valence-electron chi connectivity index (χ0n) is 15.2. The molecular formula is C17H21F3N4O2S. The molecule has 6 nitrogen and oxygen atoms in total. The van der Waals surface area contributed by atoms with Crippen LogP contribution < -0.4 is 14.2 Å². The van der Waals surface area contributed by atoms with Crippen molar-refractivity contribution in [3.05, 3.63) is 23.9 Å². The molecule has 0 aromatic carbocycles. The fraction of sp³-hybridized carbons (Fsp3) is 0.529. The number of alkyl halides is 2. The summed E-state index contributed by atoms with van der Waals surface area (Å²) in [7, 11) is 1.36. The van der Waals surface area contributed by atoms with Crippen LogP contribution in [0, 0.1) is 11.7 Å². The van der Waals surface area contributed by atoms with Crippen molar-refractivity contribution < 1.29 is 22.6 Å². The van der Waals surface area contributed by atoms with Crippen LogP contribution in [-0.2, 0) is 6.54 Å². The van der Waals surface area contributed by atoms with E-state index in [-0.39, 0.29) is 11.6 Å². The van der Waals surface area contributed by atoms with E-state index < -0.39 is 24.7 Å². The van der Waals surface area contributed by atoms with Gasteiger partial charge in [-0.25, -0.2) is 18.2 Å². The van der Waals surface area contributed by atoms with E-state index in [0.717, 1.165) is 29.9 Å². The Kier molecular flexibility index (Phi) is 6.03. The number of halogens is 3. The Hall–Kier alpha value is -2.10. The average Bonchev–Trinajstić information content (AvgIpc) is 3.05. The van der Waals surface area contributed by atoms with Gasteiger partial charge in [0.15, 0.2) is 12.4 Å². The number of hydrogen-bond donors (Lipinski definition) is 1. The Morgan fingerprint density at radius 2 is 2.15 bits per heavy atom. The standard InChI is InChI=1S/C17H21F3N4O2S/c1-9-4-5-24-14(7-21-15(24)10(9)2)27-23-12-6-11(18)16(22-17(12)25-3)26-8-13(19)20/h6-7,9-10,13,23H,4-5,8H2,1-3H3. The summed E-state index contributed by atoms with van der Waals surface area (Å²) in [6.45, 7) is 4.30. The van der Waals surface area contributed by atoms with Gasteiger partial charge in [0.25, 0.3) is 12.3 Å². The first kappa shape index (κ1) is 19.7. The Bertz CT molecular complexity index is 803. The predicted molar refractivity (Wildman–Crippen MR) is 96.1 cm³/mol. The van der Waals surface area contributed by atoms with Crippen molar-refractivity contribution >= 4 is 17.6 Å². The van der Waals surface area contributed by atoms with Crippen molar-refractivity contribution in [3.8, 4) is 11.8 Å². The van der Waals surface area contributed by atoms with Gasteiger partial charge in [-0.2, -0.15) is 4.98 Å². The maximum absolute atomic E-state index is 14.1. The van der Waals surface area contributed by atoms with Gasteiger partial charge in [-0.1, -0.05) is 13.8 Å².